The number of rotatable bonds is 1. The van der Waals surface area contributed by atoms with Gasteiger partial charge in [-0.15, -0.1) is 0 Å². The lowest BCUT2D eigenvalue weighted by Crippen LogP contribution is -2.25. The Morgan fingerprint density at radius 1 is 1.73 bits per heavy atom. The average Bonchev–Trinajstić information content (AvgIpc) is 2.32. The molecule has 0 amide bonds. The molecule has 1 aliphatic rings. The molecule has 1 fully saturated rings. The van der Waals surface area contributed by atoms with Crippen molar-refractivity contribution in [2.24, 2.45) is 11.3 Å². The Labute approximate surface area is 67.2 Å². The van der Waals surface area contributed by atoms with Crippen molar-refractivity contribution in [1.82, 2.24) is 0 Å². The number of carbonyl (C=O) groups is 1. The number of ketones is 1. The van der Waals surface area contributed by atoms with E-state index in [9.17, 15) is 4.79 Å². The van der Waals surface area contributed by atoms with Crippen molar-refractivity contribution in [3.63, 3.8) is 0 Å². The minimum Gasteiger partial charge on any atom is -0.300 e. The smallest absolute Gasteiger partial charge is 0.134 e. The van der Waals surface area contributed by atoms with Crippen LogP contribution in [0.1, 0.15) is 33.1 Å². The fourth-order valence-corrected chi connectivity index (χ4v) is 1.95. The monoisotopic (exact) mass is 151 g/mol. The van der Waals surface area contributed by atoms with Gasteiger partial charge in [-0.2, -0.15) is 5.26 Å². The maximum absolute atomic E-state index is 11.1. The first kappa shape index (κ1) is 8.26. The summed E-state index contributed by atoms with van der Waals surface area (Å²) >= 11 is 0. The minimum atomic E-state index is -0.369. The van der Waals surface area contributed by atoms with E-state index in [4.69, 9.17) is 5.26 Å². The Balaban J connectivity index is 2.82. The van der Waals surface area contributed by atoms with Gasteiger partial charge >= 0.3 is 0 Å². The highest BCUT2D eigenvalue weighted by atomic mass is 16.1. The lowest BCUT2D eigenvalue weighted by atomic mass is 9.79. The van der Waals surface area contributed by atoms with Crippen LogP contribution in [0.2, 0.25) is 0 Å². The summed E-state index contributed by atoms with van der Waals surface area (Å²) in [5.74, 6) is 0.166. The van der Waals surface area contributed by atoms with Gasteiger partial charge in [-0.3, -0.25) is 4.79 Å². The second-order valence-corrected chi connectivity index (χ2v) is 3.58. The van der Waals surface area contributed by atoms with Crippen LogP contribution in [0.3, 0.4) is 0 Å². The van der Waals surface area contributed by atoms with Gasteiger partial charge in [0.15, 0.2) is 0 Å². The molecule has 0 aromatic heterocycles. The third kappa shape index (κ3) is 1.28. The maximum atomic E-state index is 11.1. The van der Waals surface area contributed by atoms with Crippen molar-refractivity contribution in [3.05, 3.63) is 0 Å². The summed E-state index contributed by atoms with van der Waals surface area (Å²) in [6, 6.07) is 2.25. The van der Waals surface area contributed by atoms with Crippen LogP contribution in [-0.2, 0) is 4.79 Å². The molecular weight excluding hydrogens is 138 g/mol. The van der Waals surface area contributed by atoms with Crippen LogP contribution in [0.4, 0.5) is 0 Å². The van der Waals surface area contributed by atoms with E-state index in [0.29, 0.717) is 0 Å². The summed E-state index contributed by atoms with van der Waals surface area (Å²) in [7, 11) is 0. The van der Waals surface area contributed by atoms with Crippen molar-refractivity contribution in [2.75, 3.05) is 0 Å². The van der Waals surface area contributed by atoms with Crippen molar-refractivity contribution in [2.45, 2.75) is 33.1 Å². The molecule has 0 heterocycles. The van der Waals surface area contributed by atoms with Gasteiger partial charge in [0.2, 0.25) is 0 Å². The zero-order chi connectivity index (χ0) is 8.48. The Morgan fingerprint density at radius 3 is 2.73 bits per heavy atom. The molecule has 1 saturated carbocycles. The third-order valence-corrected chi connectivity index (χ3v) is 2.70. The van der Waals surface area contributed by atoms with Gasteiger partial charge in [0.05, 0.1) is 11.5 Å². The molecule has 1 aliphatic carbocycles. The Hall–Kier alpha value is -0.840. The van der Waals surface area contributed by atoms with Crippen molar-refractivity contribution >= 4 is 5.78 Å². The van der Waals surface area contributed by atoms with Crippen LogP contribution in [-0.4, -0.2) is 5.78 Å². The SMILES string of the molecule is CC(=O)C1CCCC1(C)C#N. The van der Waals surface area contributed by atoms with Crippen molar-refractivity contribution in [1.29, 1.82) is 5.26 Å². The summed E-state index contributed by atoms with van der Waals surface area (Å²) in [5.41, 5.74) is -0.369. The molecule has 0 saturated heterocycles. The molecule has 0 spiro atoms. The van der Waals surface area contributed by atoms with E-state index in [0.717, 1.165) is 19.3 Å². The van der Waals surface area contributed by atoms with Gasteiger partial charge in [0.1, 0.15) is 5.78 Å². The lowest BCUT2D eigenvalue weighted by molar-refractivity contribution is -0.122. The van der Waals surface area contributed by atoms with Gasteiger partial charge < -0.3 is 0 Å². The first-order valence-corrected chi connectivity index (χ1v) is 4.02. The topological polar surface area (TPSA) is 40.9 Å². The fourth-order valence-electron chi connectivity index (χ4n) is 1.95. The summed E-state index contributed by atoms with van der Waals surface area (Å²) < 4.78 is 0. The molecule has 0 bridgehead atoms. The predicted octanol–water partition coefficient (Wildman–Crippen LogP) is 1.91. The largest absolute Gasteiger partial charge is 0.300 e. The van der Waals surface area contributed by atoms with E-state index in [1.165, 1.54) is 0 Å². The van der Waals surface area contributed by atoms with Crippen molar-refractivity contribution in [3.8, 4) is 6.07 Å². The van der Waals surface area contributed by atoms with E-state index in [-0.39, 0.29) is 17.1 Å². The summed E-state index contributed by atoms with van der Waals surface area (Å²) in [6.07, 6.45) is 2.81. The maximum Gasteiger partial charge on any atom is 0.134 e. The highest BCUT2D eigenvalue weighted by Gasteiger charge is 2.41. The van der Waals surface area contributed by atoms with Gasteiger partial charge in [0.25, 0.3) is 0 Å². The second kappa shape index (κ2) is 2.65. The Kier molecular flexibility index (Phi) is 1.99. The molecule has 1 rings (SSSR count). The summed E-state index contributed by atoms with van der Waals surface area (Å²) in [4.78, 5) is 11.1. The molecule has 11 heavy (non-hydrogen) atoms. The predicted molar refractivity (Wildman–Crippen MR) is 41.7 cm³/mol. The van der Waals surface area contributed by atoms with E-state index in [1.807, 2.05) is 6.92 Å². The molecule has 60 valence electrons. The average molecular weight is 151 g/mol. The van der Waals surface area contributed by atoms with E-state index < -0.39 is 0 Å². The number of nitrogens with zero attached hydrogens (tertiary/aromatic N) is 1. The van der Waals surface area contributed by atoms with Gasteiger partial charge in [-0.05, 0) is 26.7 Å². The number of hydrogen-bond donors (Lipinski definition) is 0. The number of hydrogen-bond acceptors (Lipinski definition) is 2. The van der Waals surface area contributed by atoms with Gasteiger partial charge in [-0.1, -0.05) is 6.42 Å². The van der Waals surface area contributed by atoms with E-state index in [2.05, 4.69) is 6.07 Å². The molecule has 2 unspecified atom stereocenters. The molecule has 0 N–H and O–H groups in total. The normalized spacial score (nSPS) is 36.6. The van der Waals surface area contributed by atoms with E-state index >= 15 is 0 Å². The van der Waals surface area contributed by atoms with E-state index in [1.54, 1.807) is 6.92 Å². The molecule has 2 atom stereocenters. The first-order valence-electron chi connectivity index (χ1n) is 4.02. The molecule has 2 heteroatoms. The second-order valence-electron chi connectivity index (χ2n) is 3.58. The fraction of sp³-hybridized carbons (Fsp3) is 0.778. The highest BCUT2D eigenvalue weighted by molar-refractivity contribution is 5.79. The van der Waals surface area contributed by atoms with Crippen LogP contribution < -0.4 is 0 Å². The standard InChI is InChI=1S/C9H13NO/c1-7(11)8-4-3-5-9(8,2)6-10/h8H,3-5H2,1-2H3. The first-order chi connectivity index (χ1) is 5.10. The Bertz CT molecular complexity index is 216. The van der Waals surface area contributed by atoms with Crippen molar-refractivity contribution < 1.29 is 4.79 Å². The third-order valence-electron chi connectivity index (χ3n) is 2.70. The zero-order valence-electron chi connectivity index (χ0n) is 7.05. The molecule has 0 radical (unpaired) electrons. The number of nitriles is 1. The number of Topliss-reactive ketones (excluding diaryl/α,β-unsaturated/α-hetero) is 1. The molecule has 2 nitrogen and oxygen atoms in total. The van der Waals surface area contributed by atoms with Gasteiger partial charge in [0, 0.05) is 5.92 Å². The zero-order valence-corrected chi connectivity index (χ0v) is 7.05. The minimum absolute atomic E-state index is 0.00694. The molecular formula is C9H13NO. The van der Waals surface area contributed by atoms with Crippen LogP contribution in [0.25, 0.3) is 0 Å². The number of carbonyl (C=O) groups excluding carboxylic acids is 1. The molecule has 0 aromatic carbocycles. The van der Waals surface area contributed by atoms with Gasteiger partial charge in [-0.25, -0.2) is 0 Å². The molecule has 0 aliphatic heterocycles. The molecule has 0 aromatic rings. The quantitative estimate of drug-likeness (QED) is 0.574. The summed E-state index contributed by atoms with van der Waals surface area (Å²) in [6.45, 7) is 3.48. The van der Waals surface area contributed by atoms with Crippen LogP contribution >= 0.6 is 0 Å². The lowest BCUT2D eigenvalue weighted by Gasteiger charge is -2.20. The van der Waals surface area contributed by atoms with Crippen LogP contribution in [0.15, 0.2) is 0 Å². The van der Waals surface area contributed by atoms with Crippen LogP contribution in [0.5, 0.6) is 0 Å². The van der Waals surface area contributed by atoms with Crippen LogP contribution in [0, 0.1) is 22.7 Å². The Morgan fingerprint density at radius 2 is 2.36 bits per heavy atom. The highest BCUT2D eigenvalue weighted by Crippen LogP contribution is 2.42. The summed E-state index contributed by atoms with van der Waals surface area (Å²) in [5, 5.41) is 8.84.